The number of fused-ring (bicyclic) bond motifs is 2. The fourth-order valence-corrected chi connectivity index (χ4v) is 7.44. The third-order valence-corrected chi connectivity index (χ3v) is 9.47. The van der Waals surface area contributed by atoms with E-state index < -0.39 is 35.6 Å². The molecule has 3 aromatic rings. The van der Waals surface area contributed by atoms with Gasteiger partial charge < -0.3 is 29.3 Å². The summed E-state index contributed by atoms with van der Waals surface area (Å²) in [5.74, 6) is -2.09. The summed E-state index contributed by atoms with van der Waals surface area (Å²) < 4.78 is 12.1. The molecule has 4 aliphatic rings. The minimum Gasteiger partial charge on any atom is -0.497 e. The van der Waals surface area contributed by atoms with E-state index in [0.29, 0.717) is 24.4 Å². The zero-order valence-corrected chi connectivity index (χ0v) is 24.9. The highest BCUT2D eigenvalue weighted by Gasteiger charge is 2.72. The van der Waals surface area contributed by atoms with Gasteiger partial charge in [0.05, 0.1) is 37.7 Å². The van der Waals surface area contributed by atoms with Crippen LogP contribution in [0.4, 0.5) is 11.4 Å². The largest absolute Gasteiger partial charge is 0.497 e. The van der Waals surface area contributed by atoms with Gasteiger partial charge in [-0.3, -0.25) is 14.4 Å². The molecule has 0 aliphatic carbocycles. The summed E-state index contributed by atoms with van der Waals surface area (Å²) in [6.07, 6.45) is 7.05. The van der Waals surface area contributed by atoms with Crippen LogP contribution in [0.3, 0.4) is 0 Å². The van der Waals surface area contributed by atoms with E-state index in [1.807, 2.05) is 85.0 Å². The summed E-state index contributed by atoms with van der Waals surface area (Å²) in [6.45, 7) is 0.227. The van der Waals surface area contributed by atoms with Crippen molar-refractivity contribution in [3.05, 3.63) is 115 Å². The van der Waals surface area contributed by atoms with Crippen LogP contribution in [0.15, 0.2) is 109 Å². The van der Waals surface area contributed by atoms with Crippen LogP contribution in [0, 0.1) is 11.8 Å². The van der Waals surface area contributed by atoms with Crippen molar-refractivity contribution in [2.24, 2.45) is 11.8 Å². The molecule has 1 spiro atoms. The fourth-order valence-electron chi connectivity index (χ4n) is 7.44. The standard InChI is InChI=1S/C36H35N3O6/c1-44-28-17-15-26(16-18-28)38-21-9-19-36-31(30-29(45-36)14-8-20-37(33(30)41)25-12-6-3-7-13-25)34(42)39(32(36)35(38)43)27(23-40)22-24-10-4-2-5-11-24/h2-19,27,29-32,40H,20-23H2,1H3/t27-,29+,30-,31+,32?,36+/m1/s1. The normalized spacial score (nSPS) is 28.0. The number of nitrogens with zero attached hydrogens (tertiary/aromatic N) is 3. The average molecular weight is 606 g/mol. The molecule has 4 heterocycles. The summed E-state index contributed by atoms with van der Waals surface area (Å²) in [4.78, 5) is 48.8. The van der Waals surface area contributed by atoms with Gasteiger partial charge in [-0.2, -0.15) is 0 Å². The maximum absolute atomic E-state index is 14.8. The Morgan fingerprint density at radius 1 is 0.844 bits per heavy atom. The lowest BCUT2D eigenvalue weighted by Crippen LogP contribution is -2.58. The lowest BCUT2D eigenvalue weighted by molar-refractivity contribution is -0.144. The Hall–Kier alpha value is -4.73. The minimum atomic E-state index is -1.41. The number of aliphatic hydroxyl groups is 1. The number of para-hydroxylation sites is 1. The van der Waals surface area contributed by atoms with Crippen LogP contribution in [0.1, 0.15) is 5.56 Å². The van der Waals surface area contributed by atoms with Crippen LogP contribution in [0.2, 0.25) is 0 Å². The number of likely N-dealkylation sites (tertiary alicyclic amines) is 1. The Kier molecular flexibility index (Phi) is 7.51. The highest BCUT2D eigenvalue weighted by atomic mass is 16.5. The van der Waals surface area contributed by atoms with Crippen LogP contribution in [0.25, 0.3) is 0 Å². The second-order valence-corrected chi connectivity index (χ2v) is 11.9. The topological polar surface area (TPSA) is 99.6 Å². The highest BCUT2D eigenvalue weighted by Crippen LogP contribution is 2.54. The first-order valence-electron chi connectivity index (χ1n) is 15.3. The molecule has 0 radical (unpaired) electrons. The second kappa shape index (κ2) is 11.6. The van der Waals surface area contributed by atoms with Gasteiger partial charge in [-0.15, -0.1) is 0 Å². The van der Waals surface area contributed by atoms with Crippen molar-refractivity contribution in [3.63, 3.8) is 0 Å². The third-order valence-electron chi connectivity index (χ3n) is 9.47. The third kappa shape index (κ3) is 4.74. The number of hydrogen-bond donors (Lipinski definition) is 1. The Morgan fingerprint density at radius 2 is 1.49 bits per heavy atom. The number of anilines is 2. The molecule has 3 aromatic carbocycles. The molecule has 2 saturated heterocycles. The molecule has 3 amide bonds. The first kappa shape index (κ1) is 29.0. The molecule has 9 nitrogen and oxygen atoms in total. The number of methoxy groups -OCH3 is 1. The molecule has 0 bridgehead atoms. The number of carbonyl (C=O) groups is 3. The fraction of sp³-hybridized carbons (Fsp3) is 0.306. The lowest BCUT2D eigenvalue weighted by atomic mass is 9.77. The van der Waals surface area contributed by atoms with Gasteiger partial charge in [0.15, 0.2) is 0 Å². The number of benzene rings is 3. The van der Waals surface area contributed by atoms with Crippen LogP contribution < -0.4 is 14.5 Å². The predicted molar refractivity (Wildman–Crippen MR) is 169 cm³/mol. The number of ether oxygens (including phenoxy) is 2. The van der Waals surface area contributed by atoms with E-state index in [-0.39, 0.29) is 30.9 Å². The maximum atomic E-state index is 14.8. The summed E-state index contributed by atoms with van der Waals surface area (Å²) in [5.41, 5.74) is 0.874. The minimum absolute atomic E-state index is 0.229. The number of aliphatic hydroxyl groups excluding tert-OH is 1. The molecule has 6 atom stereocenters. The molecule has 230 valence electrons. The van der Waals surface area contributed by atoms with E-state index in [4.69, 9.17) is 9.47 Å². The van der Waals surface area contributed by atoms with Gasteiger partial charge >= 0.3 is 0 Å². The van der Waals surface area contributed by atoms with Crippen molar-refractivity contribution in [1.29, 1.82) is 0 Å². The van der Waals surface area contributed by atoms with Crippen molar-refractivity contribution >= 4 is 29.1 Å². The molecule has 7 rings (SSSR count). The van der Waals surface area contributed by atoms with Gasteiger partial charge in [0.2, 0.25) is 11.8 Å². The monoisotopic (exact) mass is 605 g/mol. The number of carbonyl (C=O) groups excluding carboxylic acids is 3. The van der Waals surface area contributed by atoms with E-state index in [1.165, 1.54) is 4.90 Å². The highest BCUT2D eigenvalue weighted by molar-refractivity contribution is 6.07. The van der Waals surface area contributed by atoms with Gasteiger partial charge in [-0.25, -0.2) is 0 Å². The van der Waals surface area contributed by atoms with E-state index in [2.05, 4.69) is 0 Å². The summed E-state index contributed by atoms with van der Waals surface area (Å²) in [5, 5.41) is 10.8. The second-order valence-electron chi connectivity index (χ2n) is 11.9. The van der Waals surface area contributed by atoms with Crippen LogP contribution in [-0.2, 0) is 25.5 Å². The summed E-state index contributed by atoms with van der Waals surface area (Å²) in [6, 6.07) is 24.3. The molecule has 4 aliphatic heterocycles. The van der Waals surface area contributed by atoms with Gasteiger partial charge in [0.1, 0.15) is 17.4 Å². The lowest BCUT2D eigenvalue weighted by Gasteiger charge is -2.38. The zero-order chi connectivity index (χ0) is 31.1. The van der Waals surface area contributed by atoms with Crippen LogP contribution in [-0.4, -0.2) is 78.3 Å². The van der Waals surface area contributed by atoms with Crippen LogP contribution in [0.5, 0.6) is 5.75 Å². The Balaban J connectivity index is 1.33. The number of hydrogen-bond acceptors (Lipinski definition) is 6. The first-order chi connectivity index (χ1) is 22.0. The van der Waals surface area contributed by atoms with Crippen molar-refractivity contribution in [3.8, 4) is 5.75 Å². The Labute approximate surface area is 261 Å². The van der Waals surface area contributed by atoms with Gasteiger partial charge in [-0.05, 0) is 48.4 Å². The van der Waals surface area contributed by atoms with Crippen LogP contribution >= 0.6 is 0 Å². The molecule has 1 unspecified atom stereocenters. The smallest absolute Gasteiger partial charge is 0.253 e. The molecule has 1 N–H and O–H groups in total. The Morgan fingerprint density at radius 3 is 2.18 bits per heavy atom. The predicted octanol–water partition coefficient (Wildman–Crippen LogP) is 3.39. The molecule has 0 aromatic heterocycles. The van der Waals surface area contributed by atoms with Crippen molar-refractivity contribution < 1.29 is 29.0 Å². The zero-order valence-electron chi connectivity index (χ0n) is 24.9. The van der Waals surface area contributed by atoms with Gasteiger partial charge in [-0.1, -0.05) is 72.8 Å². The molecular formula is C36H35N3O6. The average Bonchev–Trinajstić information content (AvgIpc) is 3.39. The van der Waals surface area contributed by atoms with Gasteiger partial charge in [0, 0.05) is 24.5 Å². The quantitative estimate of drug-likeness (QED) is 0.415. The van der Waals surface area contributed by atoms with Crippen molar-refractivity contribution in [2.45, 2.75) is 30.2 Å². The van der Waals surface area contributed by atoms with Gasteiger partial charge in [0.25, 0.3) is 5.91 Å². The van der Waals surface area contributed by atoms with Crippen molar-refractivity contribution in [1.82, 2.24) is 4.90 Å². The molecule has 2 fully saturated rings. The van der Waals surface area contributed by atoms with E-state index >= 15 is 0 Å². The summed E-state index contributed by atoms with van der Waals surface area (Å²) in [7, 11) is 1.58. The molecular weight excluding hydrogens is 570 g/mol. The molecule has 0 saturated carbocycles. The first-order valence-corrected chi connectivity index (χ1v) is 15.3. The Bertz CT molecular complexity index is 1640. The van der Waals surface area contributed by atoms with E-state index in [0.717, 1.165) is 11.3 Å². The number of rotatable bonds is 7. The van der Waals surface area contributed by atoms with E-state index in [9.17, 15) is 19.5 Å². The molecule has 9 heteroatoms. The van der Waals surface area contributed by atoms with E-state index in [1.54, 1.807) is 41.2 Å². The summed E-state index contributed by atoms with van der Waals surface area (Å²) >= 11 is 0. The maximum Gasteiger partial charge on any atom is 0.253 e. The number of amides is 3. The molecule has 45 heavy (non-hydrogen) atoms. The van der Waals surface area contributed by atoms with Crippen molar-refractivity contribution in [2.75, 3.05) is 36.6 Å². The SMILES string of the molecule is COc1ccc(N2CC=C[C@]34O[C@H]5C=CCN(c6ccccc6)C(=O)[C@H]5[C@H]3C(=O)N([C@@H](CO)Cc3ccccc3)C4C2=O)cc1.